The molecule has 0 spiro atoms. The Kier molecular flexibility index (Phi) is 4.88. The summed E-state index contributed by atoms with van der Waals surface area (Å²) < 4.78 is 0. The maximum atomic E-state index is 10.7. The second-order valence-corrected chi connectivity index (χ2v) is 6.41. The monoisotopic (exact) mass is 269 g/mol. The van der Waals surface area contributed by atoms with Gasteiger partial charge in [0.05, 0.1) is 6.54 Å². The summed E-state index contributed by atoms with van der Waals surface area (Å²) in [6.07, 6.45) is 2.78. The van der Waals surface area contributed by atoms with Crippen molar-refractivity contribution in [2.75, 3.05) is 13.6 Å². The number of likely N-dealkylation sites (N-methyl/N-ethyl adjacent to an activating group) is 1. The number of carboxylic acids is 1. The molecule has 0 aromatic rings. The van der Waals surface area contributed by atoms with Crippen molar-refractivity contribution in [2.24, 2.45) is 23.2 Å². The lowest BCUT2D eigenvalue weighted by Gasteiger charge is -2.63. The van der Waals surface area contributed by atoms with Gasteiger partial charge in [0.15, 0.2) is 0 Å². The molecule has 0 aliphatic heterocycles. The quantitative estimate of drug-likeness (QED) is 0.840. The topological polar surface area (TPSA) is 74.7 Å². The number of rotatable bonds is 3. The lowest BCUT2D eigenvalue weighted by molar-refractivity contribution is -0.191. The molecule has 19 heavy (non-hydrogen) atoms. The maximum Gasteiger partial charge on any atom is 0.373 e. The van der Waals surface area contributed by atoms with Crippen LogP contribution in [0.3, 0.4) is 0 Å². The molecule has 5 nitrogen and oxygen atoms in total. The van der Waals surface area contributed by atoms with Crippen molar-refractivity contribution < 1.29 is 19.5 Å². The van der Waals surface area contributed by atoms with Crippen molar-refractivity contribution >= 4 is 12.1 Å². The molecule has 2 bridgehead atoms. The molecule has 0 aromatic heterocycles. The first-order valence-electron chi connectivity index (χ1n) is 6.67. The highest BCUT2D eigenvalue weighted by Crippen LogP contribution is 2.61. The number of hydrogen-bond acceptors (Lipinski definition) is 4. The number of carboxylic acid groups (broad SMARTS) is 1. The number of carbonyl (C=O) groups is 1. The van der Waals surface area contributed by atoms with E-state index in [0.717, 1.165) is 11.8 Å². The Morgan fingerprint density at radius 3 is 2.26 bits per heavy atom. The van der Waals surface area contributed by atoms with E-state index in [0.29, 0.717) is 17.4 Å². The summed E-state index contributed by atoms with van der Waals surface area (Å²) in [5.41, 5.74) is 0.486. The minimum absolute atomic E-state index is 0.175. The third kappa shape index (κ3) is 3.04. The van der Waals surface area contributed by atoms with E-state index in [-0.39, 0.29) is 12.7 Å². The van der Waals surface area contributed by atoms with Gasteiger partial charge in [0.1, 0.15) is 0 Å². The van der Waals surface area contributed by atoms with Gasteiger partial charge in [-0.2, -0.15) is 9.59 Å². The second kappa shape index (κ2) is 5.85. The van der Waals surface area contributed by atoms with Crippen LogP contribution in [-0.2, 0) is 14.4 Å². The molecule has 3 saturated carbocycles. The Morgan fingerprint density at radius 2 is 1.89 bits per heavy atom. The molecule has 5 heteroatoms. The Balaban J connectivity index is 0.000000550. The van der Waals surface area contributed by atoms with Gasteiger partial charge in [-0.15, -0.1) is 0 Å². The van der Waals surface area contributed by atoms with Gasteiger partial charge in [-0.05, 0) is 43.1 Å². The molecular weight excluding hydrogens is 246 g/mol. The van der Waals surface area contributed by atoms with E-state index in [9.17, 15) is 4.79 Å². The molecule has 0 heterocycles. The summed E-state index contributed by atoms with van der Waals surface area (Å²) in [5, 5.41) is 8.84. The first-order valence-corrected chi connectivity index (χ1v) is 6.67. The number of carbonyl (C=O) groups excluding carboxylic acids is 2. The SMILES string of the molecule is C[C@@H]1C2CC(C[C@H]1N(C)CC(=O)O)C2(C)C.O=C=O. The minimum Gasteiger partial charge on any atom is -0.480 e. The van der Waals surface area contributed by atoms with E-state index in [1.54, 1.807) is 0 Å². The van der Waals surface area contributed by atoms with E-state index in [1.807, 2.05) is 11.9 Å². The summed E-state index contributed by atoms with van der Waals surface area (Å²) in [7, 11) is 1.95. The smallest absolute Gasteiger partial charge is 0.373 e. The van der Waals surface area contributed by atoms with Crippen molar-refractivity contribution in [1.29, 1.82) is 0 Å². The highest BCUT2D eigenvalue weighted by molar-refractivity contribution is 5.69. The standard InChI is InChI=1S/C13H23NO2.CO2/c1-8-10-5-9(13(10,2)3)6-11(8)14(4)7-12(15)16;2-1-3/h8-11H,5-7H2,1-4H3,(H,15,16);/t8-,9?,10?,11-;/m1./s1. The van der Waals surface area contributed by atoms with Crippen molar-refractivity contribution in [3.63, 3.8) is 0 Å². The van der Waals surface area contributed by atoms with Crippen LogP contribution >= 0.6 is 0 Å². The lowest BCUT2D eigenvalue weighted by atomic mass is 9.44. The normalized spacial score (nSPS) is 34.6. The van der Waals surface area contributed by atoms with Crippen molar-refractivity contribution in [3.8, 4) is 0 Å². The fourth-order valence-corrected chi connectivity index (χ4v) is 4.03. The summed E-state index contributed by atoms with van der Waals surface area (Å²) in [6.45, 7) is 7.21. The number of nitrogens with zero attached hydrogens (tertiary/aromatic N) is 1. The molecule has 3 aliphatic rings. The molecule has 3 rings (SSSR count). The average Bonchev–Trinajstić information content (AvgIpc) is 2.28. The number of fused-ring (bicyclic) bond motifs is 2. The van der Waals surface area contributed by atoms with E-state index in [4.69, 9.17) is 14.7 Å². The maximum absolute atomic E-state index is 10.7. The summed E-state index contributed by atoms with van der Waals surface area (Å²) in [5.74, 6) is 1.50. The van der Waals surface area contributed by atoms with E-state index < -0.39 is 5.97 Å². The largest absolute Gasteiger partial charge is 0.480 e. The third-order valence-electron chi connectivity index (χ3n) is 5.26. The summed E-state index contributed by atoms with van der Waals surface area (Å²) in [4.78, 5) is 29.0. The predicted molar refractivity (Wildman–Crippen MR) is 68.2 cm³/mol. The molecule has 2 unspecified atom stereocenters. The van der Waals surface area contributed by atoms with Gasteiger partial charge in [0.25, 0.3) is 0 Å². The zero-order valence-corrected chi connectivity index (χ0v) is 12.0. The van der Waals surface area contributed by atoms with Crippen LogP contribution in [0.25, 0.3) is 0 Å². The highest BCUT2D eigenvalue weighted by Gasteiger charge is 2.56. The molecule has 4 atom stereocenters. The Bertz CT molecular complexity index is 374. The minimum atomic E-state index is -0.715. The van der Waals surface area contributed by atoms with Gasteiger partial charge < -0.3 is 5.11 Å². The Morgan fingerprint density at radius 1 is 1.37 bits per heavy atom. The number of aliphatic carboxylic acids is 1. The fourth-order valence-electron chi connectivity index (χ4n) is 4.03. The zero-order valence-electron chi connectivity index (χ0n) is 12.0. The van der Waals surface area contributed by atoms with Crippen molar-refractivity contribution in [3.05, 3.63) is 0 Å². The fraction of sp³-hybridized carbons (Fsp3) is 0.857. The molecule has 0 aromatic carbocycles. The van der Waals surface area contributed by atoms with Gasteiger partial charge in [-0.3, -0.25) is 9.69 Å². The van der Waals surface area contributed by atoms with Crippen LogP contribution in [0.1, 0.15) is 33.6 Å². The summed E-state index contributed by atoms with van der Waals surface area (Å²) in [6, 6.07) is 0.466. The van der Waals surface area contributed by atoms with Crippen molar-refractivity contribution in [2.45, 2.75) is 39.7 Å². The molecule has 3 aliphatic carbocycles. The van der Waals surface area contributed by atoms with Crippen LogP contribution in [0, 0.1) is 23.2 Å². The van der Waals surface area contributed by atoms with Crippen molar-refractivity contribution in [1.82, 2.24) is 4.90 Å². The van der Waals surface area contributed by atoms with Crippen LogP contribution in [0.2, 0.25) is 0 Å². The van der Waals surface area contributed by atoms with Gasteiger partial charge in [-0.1, -0.05) is 20.8 Å². The van der Waals surface area contributed by atoms with Crippen LogP contribution in [0.15, 0.2) is 0 Å². The highest BCUT2D eigenvalue weighted by atomic mass is 16.4. The molecule has 0 amide bonds. The molecular formula is C14H23NO4. The first-order chi connectivity index (χ1) is 8.75. The van der Waals surface area contributed by atoms with Gasteiger partial charge in [0, 0.05) is 6.04 Å². The third-order valence-corrected chi connectivity index (χ3v) is 5.26. The lowest BCUT2D eigenvalue weighted by Crippen LogP contribution is -2.60. The van der Waals surface area contributed by atoms with Gasteiger partial charge >= 0.3 is 12.1 Å². The molecule has 3 fully saturated rings. The van der Waals surface area contributed by atoms with E-state index >= 15 is 0 Å². The average molecular weight is 269 g/mol. The van der Waals surface area contributed by atoms with Gasteiger partial charge in [-0.25, -0.2) is 0 Å². The zero-order chi connectivity index (χ0) is 14.8. The Hall–Kier alpha value is -1.19. The van der Waals surface area contributed by atoms with Crippen LogP contribution in [0.5, 0.6) is 0 Å². The first kappa shape index (κ1) is 15.9. The van der Waals surface area contributed by atoms with Crippen LogP contribution < -0.4 is 0 Å². The van der Waals surface area contributed by atoms with Crippen LogP contribution in [-0.4, -0.2) is 41.8 Å². The predicted octanol–water partition coefficient (Wildman–Crippen LogP) is 1.49. The number of hydrogen-bond donors (Lipinski definition) is 1. The molecule has 1 N–H and O–H groups in total. The van der Waals surface area contributed by atoms with Gasteiger partial charge in [0.2, 0.25) is 0 Å². The van der Waals surface area contributed by atoms with E-state index in [2.05, 4.69) is 20.8 Å². The second-order valence-electron chi connectivity index (χ2n) is 6.41. The molecule has 0 radical (unpaired) electrons. The molecule has 108 valence electrons. The summed E-state index contributed by atoms with van der Waals surface area (Å²) >= 11 is 0. The Labute approximate surface area is 114 Å². The van der Waals surface area contributed by atoms with E-state index in [1.165, 1.54) is 12.8 Å². The molecule has 0 saturated heterocycles. The van der Waals surface area contributed by atoms with Crippen LogP contribution in [0.4, 0.5) is 0 Å².